The van der Waals surface area contributed by atoms with Crippen LogP contribution in [0.2, 0.25) is 0 Å². The molecule has 8 nitrogen and oxygen atoms in total. The third-order valence-corrected chi connectivity index (χ3v) is 6.51. The molecule has 0 unspecified atom stereocenters. The van der Waals surface area contributed by atoms with Crippen molar-refractivity contribution in [3.63, 3.8) is 0 Å². The lowest BCUT2D eigenvalue weighted by molar-refractivity contribution is -0.139. The second-order valence-electron chi connectivity index (χ2n) is 8.52. The van der Waals surface area contributed by atoms with Crippen LogP contribution >= 0.6 is 0 Å². The van der Waals surface area contributed by atoms with Gasteiger partial charge in [0, 0.05) is 24.2 Å². The molecule has 1 amide bonds. The Morgan fingerprint density at radius 2 is 1.91 bits per heavy atom. The van der Waals surface area contributed by atoms with E-state index in [9.17, 15) is 9.18 Å². The van der Waals surface area contributed by atoms with E-state index in [-0.39, 0.29) is 5.91 Å². The molecule has 1 saturated heterocycles. The van der Waals surface area contributed by atoms with Crippen molar-refractivity contribution in [2.45, 2.75) is 37.3 Å². The summed E-state index contributed by atoms with van der Waals surface area (Å²) in [5.41, 5.74) is 4.46. The monoisotopic (exact) mass is 436 g/mol. The second-order valence-corrected chi connectivity index (χ2v) is 8.52. The summed E-state index contributed by atoms with van der Waals surface area (Å²) in [7, 11) is 0. The molecule has 2 aliphatic rings. The SMILES string of the molecule is N/N=C(\NN)c1ccc2noc(-c3ccc(C4CCN(C(=O)C5(F)CC5)CC4)cc3)c2c1. The first kappa shape index (κ1) is 20.4. The van der Waals surface area contributed by atoms with E-state index in [0.29, 0.717) is 43.4 Å². The number of nitrogens with one attached hydrogen (secondary N) is 1. The molecule has 1 aromatic heterocycles. The largest absolute Gasteiger partial charge is 0.355 e. The minimum absolute atomic E-state index is 0.324. The quantitative estimate of drug-likeness (QED) is 0.250. The number of fused-ring (bicyclic) bond motifs is 1. The number of benzene rings is 2. The van der Waals surface area contributed by atoms with Crippen molar-refractivity contribution < 1.29 is 13.7 Å². The average Bonchev–Trinajstić information content (AvgIpc) is 3.45. The number of alkyl halides is 1. The molecule has 3 aromatic rings. The zero-order valence-corrected chi connectivity index (χ0v) is 17.6. The topological polar surface area (TPSA) is 123 Å². The fourth-order valence-electron chi connectivity index (χ4n) is 4.42. The van der Waals surface area contributed by atoms with Crippen LogP contribution in [0.4, 0.5) is 4.39 Å². The number of carbonyl (C=O) groups excluding carboxylic acids is 1. The van der Waals surface area contributed by atoms with Gasteiger partial charge in [0.25, 0.3) is 5.91 Å². The van der Waals surface area contributed by atoms with E-state index in [1.807, 2.05) is 30.3 Å². The van der Waals surface area contributed by atoms with Crippen molar-refractivity contribution in [3.8, 4) is 11.3 Å². The van der Waals surface area contributed by atoms with Gasteiger partial charge in [0.1, 0.15) is 5.52 Å². The first-order valence-electron chi connectivity index (χ1n) is 10.8. The number of nitrogens with zero attached hydrogens (tertiary/aromatic N) is 3. The number of piperidine rings is 1. The number of amides is 1. The fourth-order valence-corrected chi connectivity index (χ4v) is 4.42. The van der Waals surface area contributed by atoms with Crippen molar-refractivity contribution >= 4 is 22.6 Å². The zero-order chi connectivity index (χ0) is 22.3. The van der Waals surface area contributed by atoms with Crippen LogP contribution in [0.1, 0.15) is 42.7 Å². The molecule has 1 aliphatic heterocycles. The van der Waals surface area contributed by atoms with Crippen molar-refractivity contribution in [1.82, 2.24) is 15.5 Å². The van der Waals surface area contributed by atoms with Crippen molar-refractivity contribution in [1.29, 1.82) is 0 Å². The predicted octanol–water partition coefficient (Wildman–Crippen LogP) is 2.79. The number of carbonyl (C=O) groups is 1. The highest BCUT2D eigenvalue weighted by Crippen LogP contribution is 2.42. The lowest BCUT2D eigenvalue weighted by Gasteiger charge is -2.33. The van der Waals surface area contributed by atoms with Gasteiger partial charge in [-0.15, -0.1) is 0 Å². The number of hydrogen-bond acceptors (Lipinski definition) is 6. The maximum absolute atomic E-state index is 14.1. The molecule has 32 heavy (non-hydrogen) atoms. The number of hydrazine groups is 1. The van der Waals surface area contributed by atoms with Crippen molar-refractivity contribution in [2.75, 3.05) is 13.1 Å². The number of nitrogens with two attached hydrogens (primary N) is 2. The van der Waals surface area contributed by atoms with Crippen LogP contribution in [0.3, 0.4) is 0 Å². The maximum atomic E-state index is 14.1. The van der Waals surface area contributed by atoms with Gasteiger partial charge in [0.2, 0.25) is 0 Å². The lowest BCUT2D eigenvalue weighted by atomic mass is 9.88. The number of amidine groups is 1. The highest BCUT2D eigenvalue weighted by atomic mass is 19.1. The van der Waals surface area contributed by atoms with Crippen LogP contribution in [0.15, 0.2) is 52.1 Å². The molecule has 1 aliphatic carbocycles. The van der Waals surface area contributed by atoms with Gasteiger partial charge in [-0.1, -0.05) is 29.4 Å². The summed E-state index contributed by atoms with van der Waals surface area (Å²) in [6.45, 7) is 1.21. The van der Waals surface area contributed by atoms with Crippen LogP contribution in [0.25, 0.3) is 22.2 Å². The maximum Gasteiger partial charge on any atom is 0.260 e. The van der Waals surface area contributed by atoms with E-state index in [1.165, 1.54) is 5.56 Å². The number of hydrogen-bond donors (Lipinski definition) is 3. The third kappa shape index (κ3) is 3.58. The third-order valence-electron chi connectivity index (χ3n) is 6.51. The minimum atomic E-state index is -1.58. The molecule has 5 N–H and O–H groups in total. The van der Waals surface area contributed by atoms with E-state index < -0.39 is 5.67 Å². The van der Waals surface area contributed by atoms with Gasteiger partial charge in [-0.3, -0.25) is 4.79 Å². The summed E-state index contributed by atoms with van der Waals surface area (Å²) < 4.78 is 19.7. The van der Waals surface area contributed by atoms with Gasteiger partial charge in [-0.05, 0) is 55.4 Å². The lowest BCUT2D eigenvalue weighted by Crippen LogP contribution is -2.43. The van der Waals surface area contributed by atoms with Gasteiger partial charge >= 0.3 is 0 Å². The minimum Gasteiger partial charge on any atom is -0.355 e. The number of aromatic nitrogens is 1. The first-order valence-corrected chi connectivity index (χ1v) is 10.8. The molecular formula is C23H25FN6O2. The Hall–Kier alpha value is -3.46. The van der Waals surface area contributed by atoms with Gasteiger partial charge in [0.05, 0.1) is 5.39 Å². The molecule has 9 heteroatoms. The van der Waals surface area contributed by atoms with E-state index in [0.717, 1.165) is 34.9 Å². The standard InChI is InChI=1S/C23H25FN6O2/c24-23(9-10-23)22(31)30-11-7-15(8-12-30)14-1-3-16(4-2-14)20-18-13-17(21(27-25)28-26)5-6-19(18)29-32-20/h1-6,13,15H,7-12,25-26H2,(H,27,28). The summed E-state index contributed by atoms with van der Waals surface area (Å²) in [5.74, 6) is 11.9. The first-order chi connectivity index (χ1) is 15.5. The van der Waals surface area contributed by atoms with Gasteiger partial charge < -0.3 is 20.7 Å². The molecule has 0 radical (unpaired) electrons. The predicted molar refractivity (Wildman–Crippen MR) is 119 cm³/mol. The molecule has 0 bridgehead atoms. The summed E-state index contributed by atoms with van der Waals surface area (Å²) >= 11 is 0. The Balaban J connectivity index is 1.32. The van der Waals surface area contributed by atoms with Crippen molar-refractivity contribution in [3.05, 3.63) is 53.6 Å². The Morgan fingerprint density at radius 3 is 2.53 bits per heavy atom. The molecule has 1 saturated carbocycles. The Morgan fingerprint density at radius 1 is 1.19 bits per heavy atom. The number of hydrazone groups is 1. The Bertz CT molecular complexity index is 1180. The summed E-state index contributed by atoms with van der Waals surface area (Å²) in [4.78, 5) is 13.9. The molecule has 2 aromatic carbocycles. The summed E-state index contributed by atoms with van der Waals surface area (Å²) in [6.07, 6.45) is 2.41. The van der Waals surface area contributed by atoms with E-state index in [4.69, 9.17) is 16.2 Å². The normalized spacial score (nSPS) is 18.7. The van der Waals surface area contributed by atoms with Crippen LogP contribution in [0, 0.1) is 0 Å². The molecule has 166 valence electrons. The average molecular weight is 436 g/mol. The van der Waals surface area contributed by atoms with Crippen molar-refractivity contribution in [2.24, 2.45) is 16.8 Å². The summed E-state index contributed by atoms with van der Waals surface area (Å²) in [6, 6.07) is 13.7. The molecule has 2 heterocycles. The van der Waals surface area contributed by atoms with Crippen LogP contribution in [0.5, 0.6) is 0 Å². The molecule has 0 atom stereocenters. The number of likely N-dealkylation sites (tertiary alicyclic amines) is 1. The van der Waals surface area contributed by atoms with E-state index >= 15 is 0 Å². The van der Waals surface area contributed by atoms with E-state index in [2.05, 4.69) is 27.8 Å². The zero-order valence-electron chi connectivity index (χ0n) is 17.6. The highest BCUT2D eigenvalue weighted by molar-refractivity contribution is 6.03. The van der Waals surface area contributed by atoms with Crippen LogP contribution in [-0.2, 0) is 4.79 Å². The van der Waals surface area contributed by atoms with Crippen LogP contribution < -0.4 is 17.1 Å². The number of halogens is 1. The van der Waals surface area contributed by atoms with Gasteiger partial charge in [-0.25, -0.2) is 10.2 Å². The number of rotatable bonds is 4. The summed E-state index contributed by atoms with van der Waals surface area (Å²) in [5, 5.41) is 8.63. The molecular weight excluding hydrogens is 411 g/mol. The Labute approximate surface area is 184 Å². The molecule has 0 spiro atoms. The van der Waals surface area contributed by atoms with Gasteiger partial charge in [-0.2, -0.15) is 5.10 Å². The fraction of sp³-hybridized carbons (Fsp3) is 0.348. The smallest absolute Gasteiger partial charge is 0.260 e. The Kier molecular flexibility index (Phi) is 5.05. The van der Waals surface area contributed by atoms with Gasteiger partial charge in [0.15, 0.2) is 17.3 Å². The van der Waals surface area contributed by atoms with E-state index in [1.54, 1.807) is 4.90 Å². The highest BCUT2D eigenvalue weighted by Gasteiger charge is 2.53. The molecule has 2 fully saturated rings. The second kappa shape index (κ2) is 7.90. The molecule has 5 rings (SSSR count). The van der Waals surface area contributed by atoms with Crippen LogP contribution in [-0.4, -0.2) is 40.6 Å².